The minimum Gasteiger partial charge on any atom is -0.487 e. The minimum absolute atomic E-state index is 0.0333. The molecule has 1 aromatic rings. The fourth-order valence-corrected chi connectivity index (χ4v) is 5.40. The molecule has 0 bridgehead atoms. The molecule has 0 atom stereocenters. The number of hydrogen-bond acceptors (Lipinski definition) is 1. The van der Waals surface area contributed by atoms with Crippen molar-refractivity contribution in [2.75, 3.05) is 6.61 Å². The van der Waals surface area contributed by atoms with Gasteiger partial charge in [0.15, 0.2) is 6.61 Å². The van der Waals surface area contributed by atoms with E-state index in [4.69, 9.17) is 0 Å². The first-order chi connectivity index (χ1) is 14.7. The van der Waals surface area contributed by atoms with E-state index in [0.717, 1.165) is 42.1 Å². The average molecular weight is 447 g/mol. The summed E-state index contributed by atoms with van der Waals surface area (Å²) in [4.78, 5) is 0. The quantitative estimate of drug-likeness (QED) is 0.366. The van der Waals surface area contributed by atoms with Gasteiger partial charge >= 0.3 is 12.1 Å². The van der Waals surface area contributed by atoms with E-state index in [9.17, 15) is 22.0 Å². The summed E-state index contributed by atoms with van der Waals surface area (Å²) in [6, 6.07) is 6.48. The van der Waals surface area contributed by atoms with Gasteiger partial charge in [-0.1, -0.05) is 51.2 Å². The van der Waals surface area contributed by atoms with Gasteiger partial charge in [0.25, 0.3) is 0 Å². The summed E-state index contributed by atoms with van der Waals surface area (Å²) in [6.07, 6.45) is 8.62. The Balaban J connectivity index is 1.36. The van der Waals surface area contributed by atoms with Crippen LogP contribution in [0.4, 0.5) is 22.0 Å². The molecule has 0 N–H and O–H groups in total. The van der Waals surface area contributed by atoms with Gasteiger partial charge < -0.3 is 4.74 Å². The molecule has 176 valence electrons. The van der Waals surface area contributed by atoms with Crippen molar-refractivity contribution in [3.8, 4) is 5.75 Å². The van der Waals surface area contributed by atoms with Crippen LogP contribution in [0, 0.1) is 23.7 Å². The van der Waals surface area contributed by atoms with Gasteiger partial charge in [-0.3, -0.25) is 0 Å². The predicted octanol–water partition coefficient (Wildman–Crippen LogP) is 8.22. The molecule has 0 aromatic heterocycles. The maximum Gasteiger partial charge on any atom is 0.456 e. The van der Waals surface area contributed by atoms with Crippen LogP contribution in [-0.2, 0) is 6.42 Å². The molecule has 0 saturated heterocycles. The minimum atomic E-state index is -5.60. The molecule has 31 heavy (non-hydrogen) atoms. The van der Waals surface area contributed by atoms with Gasteiger partial charge in [0.2, 0.25) is 0 Å². The van der Waals surface area contributed by atoms with Gasteiger partial charge in [-0.25, -0.2) is 0 Å². The van der Waals surface area contributed by atoms with Crippen LogP contribution < -0.4 is 4.74 Å². The molecule has 0 radical (unpaired) electrons. The smallest absolute Gasteiger partial charge is 0.456 e. The maximum atomic E-state index is 13.0. The van der Waals surface area contributed by atoms with Gasteiger partial charge in [-0.05, 0) is 79.9 Å². The maximum absolute atomic E-state index is 13.0. The Kier molecular flexibility index (Phi) is 8.25. The first kappa shape index (κ1) is 24.3. The van der Waals surface area contributed by atoms with E-state index in [1.165, 1.54) is 69.9 Å². The SMILES string of the molecule is CC[C@H]1CC[C@H]([C@H]2CC[C@H](CCc3ccc(OCC(F)(F)C(F)(F)F)cc3)CC2)CC1. The van der Waals surface area contributed by atoms with Gasteiger partial charge in [0.1, 0.15) is 5.75 Å². The zero-order chi connectivity index (χ0) is 22.5. The fraction of sp³-hybridized carbons (Fsp3) is 0.760. The van der Waals surface area contributed by atoms with E-state index in [1.807, 2.05) is 0 Å². The lowest BCUT2D eigenvalue weighted by Crippen LogP contribution is -2.41. The van der Waals surface area contributed by atoms with E-state index >= 15 is 0 Å². The lowest BCUT2D eigenvalue weighted by molar-refractivity contribution is -0.290. The summed E-state index contributed by atoms with van der Waals surface area (Å²) in [6.45, 7) is 0.613. The van der Waals surface area contributed by atoms with E-state index in [2.05, 4.69) is 11.7 Å². The number of aryl methyl sites for hydroxylation is 1. The third-order valence-electron chi connectivity index (χ3n) is 7.63. The summed E-state index contributed by atoms with van der Waals surface area (Å²) < 4.78 is 67.2. The van der Waals surface area contributed by atoms with Crippen LogP contribution in [-0.4, -0.2) is 18.7 Å². The van der Waals surface area contributed by atoms with Gasteiger partial charge in [0.05, 0.1) is 0 Å². The Morgan fingerprint density at radius 3 is 1.77 bits per heavy atom. The second-order valence-electron chi connectivity index (χ2n) is 9.64. The molecule has 0 amide bonds. The van der Waals surface area contributed by atoms with Crippen molar-refractivity contribution in [2.24, 2.45) is 23.7 Å². The van der Waals surface area contributed by atoms with E-state index in [0.29, 0.717) is 0 Å². The first-order valence-corrected chi connectivity index (χ1v) is 11.8. The van der Waals surface area contributed by atoms with Crippen molar-refractivity contribution in [3.05, 3.63) is 29.8 Å². The molecule has 0 aliphatic heterocycles. The summed E-state index contributed by atoms with van der Waals surface area (Å²) >= 11 is 0. The molecule has 2 fully saturated rings. The number of hydrogen-bond donors (Lipinski definition) is 0. The van der Waals surface area contributed by atoms with E-state index in [-0.39, 0.29) is 5.75 Å². The summed E-state index contributed by atoms with van der Waals surface area (Å²) in [5.74, 6) is -1.30. The largest absolute Gasteiger partial charge is 0.487 e. The monoisotopic (exact) mass is 446 g/mol. The van der Waals surface area contributed by atoms with Crippen molar-refractivity contribution in [1.82, 2.24) is 0 Å². The Hall–Kier alpha value is -1.33. The average Bonchev–Trinajstić information content (AvgIpc) is 2.77. The van der Waals surface area contributed by atoms with Crippen LogP contribution in [0.1, 0.15) is 76.7 Å². The molecule has 0 spiro atoms. The van der Waals surface area contributed by atoms with Crippen LogP contribution in [0.15, 0.2) is 24.3 Å². The van der Waals surface area contributed by atoms with Crippen LogP contribution >= 0.6 is 0 Å². The Morgan fingerprint density at radius 1 is 0.774 bits per heavy atom. The molecule has 1 aromatic carbocycles. The Labute approximate surface area is 182 Å². The highest BCUT2D eigenvalue weighted by atomic mass is 19.4. The normalized spacial score (nSPS) is 27.8. The van der Waals surface area contributed by atoms with Gasteiger partial charge in [-0.15, -0.1) is 0 Å². The number of rotatable bonds is 8. The molecule has 6 heteroatoms. The first-order valence-electron chi connectivity index (χ1n) is 11.8. The van der Waals surface area contributed by atoms with Crippen LogP contribution in [0.5, 0.6) is 5.75 Å². The third kappa shape index (κ3) is 6.82. The highest BCUT2D eigenvalue weighted by Crippen LogP contribution is 2.42. The van der Waals surface area contributed by atoms with E-state index in [1.54, 1.807) is 12.1 Å². The fourth-order valence-electron chi connectivity index (χ4n) is 5.40. The molecule has 0 heterocycles. The third-order valence-corrected chi connectivity index (χ3v) is 7.63. The van der Waals surface area contributed by atoms with Crippen molar-refractivity contribution < 1.29 is 26.7 Å². The zero-order valence-electron chi connectivity index (χ0n) is 18.4. The molecule has 1 nitrogen and oxygen atoms in total. The molecule has 2 aliphatic carbocycles. The van der Waals surface area contributed by atoms with Crippen molar-refractivity contribution >= 4 is 0 Å². The molecule has 0 unspecified atom stereocenters. The van der Waals surface area contributed by atoms with Crippen LogP contribution in [0.3, 0.4) is 0 Å². The van der Waals surface area contributed by atoms with Crippen molar-refractivity contribution in [1.29, 1.82) is 0 Å². The van der Waals surface area contributed by atoms with E-state index < -0.39 is 18.7 Å². The number of benzene rings is 1. The van der Waals surface area contributed by atoms with Crippen molar-refractivity contribution in [2.45, 2.75) is 89.7 Å². The molecular weight excluding hydrogens is 411 g/mol. The second kappa shape index (κ2) is 10.5. The number of ether oxygens (including phenoxy) is 1. The Bertz CT molecular complexity index is 653. The zero-order valence-corrected chi connectivity index (χ0v) is 18.4. The summed E-state index contributed by atoms with van der Waals surface area (Å²) in [5.41, 5.74) is 1.06. The van der Waals surface area contributed by atoms with Crippen molar-refractivity contribution in [3.63, 3.8) is 0 Å². The summed E-state index contributed by atoms with van der Waals surface area (Å²) in [5, 5.41) is 0. The number of halogens is 5. The van der Waals surface area contributed by atoms with Gasteiger partial charge in [0, 0.05) is 0 Å². The lowest BCUT2D eigenvalue weighted by Gasteiger charge is -2.37. The number of alkyl halides is 5. The second-order valence-corrected chi connectivity index (χ2v) is 9.64. The standard InChI is InChI=1S/C25H35F5O/c1-2-18-5-11-21(12-6-18)22-13-7-19(8-14-22)3-4-20-9-15-23(16-10-20)31-17-24(26,27)25(28,29)30/h9-10,15-16,18-19,21-22H,2-8,11-14,17H2,1H3/t18-,19-,21-,22-. The molecule has 2 aliphatic rings. The van der Waals surface area contributed by atoms with Gasteiger partial charge in [-0.2, -0.15) is 22.0 Å². The topological polar surface area (TPSA) is 9.23 Å². The molecular formula is C25H35F5O. The summed E-state index contributed by atoms with van der Waals surface area (Å²) in [7, 11) is 0. The molecule has 2 saturated carbocycles. The lowest BCUT2D eigenvalue weighted by atomic mass is 9.68. The van der Waals surface area contributed by atoms with Crippen LogP contribution in [0.2, 0.25) is 0 Å². The highest BCUT2D eigenvalue weighted by molar-refractivity contribution is 5.27. The predicted molar refractivity (Wildman–Crippen MR) is 112 cm³/mol. The van der Waals surface area contributed by atoms with Crippen LogP contribution in [0.25, 0.3) is 0 Å². The molecule has 3 rings (SSSR count). The Morgan fingerprint density at radius 2 is 1.29 bits per heavy atom. The highest BCUT2D eigenvalue weighted by Gasteiger charge is 2.58.